The van der Waals surface area contributed by atoms with E-state index in [9.17, 15) is 17.6 Å². The van der Waals surface area contributed by atoms with Gasteiger partial charge >= 0.3 is 0 Å². The van der Waals surface area contributed by atoms with Crippen LogP contribution in [0.1, 0.15) is 50.4 Å². The predicted octanol–water partition coefficient (Wildman–Crippen LogP) is 2.95. The second kappa shape index (κ2) is 9.26. The molecule has 2 unspecified atom stereocenters. The Hall–Kier alpha value is -2.26. The molecule has 0 radical (unpaired) electrons. The lowest BCUT2D eigenvalue weighted by atomic mass is 9.98. The average molecular weight is 437 g/mol. The first kappa shape index (κ1) is 22.4. The number of amides is 1. The molecule has 2 aromatic rings. The summed E-state index contributed by atoms with van der Waals surface area (Å²) in [6.45, 7) is 6.32. The van der Waals surface area contributed by atoms with E-state index in [1.165, 1.54) is 16.4 Å². The summed E-state index contributed by atoms with van der Waals surface area (Å²) in [4.78, 5) is 12.8. The monoisotopic (exact) mass is 436 g/mol. The van der Waals surface area contributed by atoms with Crippen LogP contribution in [-0.2, 0) is 14.8 Å². The third-order valence-corrected chi connectivity index (χ3v) is 7.60. The number of carbonyl (C=O) groups excluding carboxylic acids is 1. The Labute approximate surface area is 177 Å². The molecular weight excluding hydrogens is 407 g/mol. The summed E-state index contributed by atoms with van der Waals surface area (Å²) in [6.07, 6.45) is 3.61. The van der Waals surface area contributed by atoms with Gasteiger partial charge in [-0.1, -0.05) is 6.92 Å². The van der Waals surface area contributed by atoms with Crippen molar-refractivity contribution in [3.05, 3.63) is 47.5 Å². The van der Waals surface area contributed by atoms with Crippen LogP contribution in [0.15, 0.2) is 30.5 Å². The van der Waals surface area contributed by atoms with Gasteiger partial charge in [-0.3, -0.25) is 4.79 Å². The SMILES string of the molecule is CCCS(=O)(=O)N1CCCC(C(=O)NC(C)c2cnn(-c3ccc(F)cc3)c2C)C1. The number of benzene rings is 1. The quantitative estimate of drug-likeness (QED) is 0.723. The Balaban J connectivity index is 1.68. The van der Waals surface area contributed by atoms with Crippen LogP contribution in [0, 0.1) is 18.7 Å². The number of carbonyl (C=O) groups is 1. The summed E-state index contributed by atoms with van der Waals surface area (Å²) in [6, 6.07) is 5.77. The summed E-state index contributed by atoms with van der Waals surface area (Å²) in [5.74, 6) is -0.709. The Morgan fingerprint density at radius 1 is 1.33 bits per heavy atom. The van der Waals surface area contributed by atoms with Crippen LogP contribution in [0.5, 0.6) is 0 Å². The molecule has 1 saturated heterocycles. The lowest BCUT2D eigenvalue weighted by Gasteiger charge is -2.31. The van der Waals surface area contributed by atoms with Gasteiger partial charge < -0.3 is 5.32 Å². The Morgan fingerprint density at radius 2 is 2.03 bits per heavy atom. The fourth-order valence-corrected chi connectivity index (χ4v) is 5.48. The van der Waals surface area contributed by atoms with E-state index >= 15 is 0 Å². The lowest BCUT2D eigenvalue weighted by molar-refractivity contribution is -0.126. The van der Waals surface area contributed by atoms with Crippen LogP contribution in [0.2, 0.25) is 0 Å². The van der Waals surface area contributed by atoms with Gasteiger partial charge in [-0.2, -0.15) is 5.10 Å². The summed E-state index contributed by atoms with van der Waals surface area (Å²) in [5, 5.41) is 7.39. The average Bonchev–Trinajstić information content (AvgIpc) is 3.10. The van der Waals surface area contributed by atoms with E-state index in [1.807, 2.05) is 20.8 Å². The number of nitrogens with zero attached hydrogens (tertiary/aromatic N) is 3. The van der Waals surface area contributed by atoms with Gasteiger partial charge in [0.25, 0.3) is 0 Å². The van der Waals surface area contributed by atoms with Crippen molar-refractivity contribution in [3.8, 4) is 5.69 Å². The first-order valence-electron chi connectivity index (χ1n) is 10.3. The molecule has 30 heavy (non-hydrogen) atoms. The summed E-state index contributed by atoms with van der Waals surface area (Å²) in [7, 11) is -3.30. The Kier molecular flexibility index (Phi) is 6.92. The zero-order valence-electron chi connectivity index (χ0n) is 17.6. The first-order valence-corrected chi connectivity index (χ1v) is 11.9. The number of aromatic nitrogens is 2. The maximum Gasteiger partial charge on any atom is 0.224 e. The molecule has 0 saturated carbocycles. The zero-order chi connectivity index (χ0) is 21.9. The van der Waals surface area contributed by atoms with Crippen molar-refractivity contribution < 1.29 is 17.6 Å². The van der Waals surface area contributed by atoms with Gasteiger partial charge in [0.05, 0.1) is 29.6 Å². The van der Waals surface area contributed by atoms with Crippen LogP contribution >= 0.6 is 0 Å². The van der Waals surface area contributed by atoms with Crippen molar-refractivity contribution in [1.29, 1.82) is 0 Å². The zero-order valence-corrected chi connectivity index (χ0v) is 18.5. The molecule has 0 aliphatic carbocycles. The number of halogens is 1. The molecule has 1 aromatic carbocycles. The van der Waals surface area contributed by atoms with E-state index in [2.05, 4.69) is 10.4 Å². The van der Waals surface area contributed by atoms with E-state index in [4.69, 9.17) is 0 Å². The highest BCUT2D eigenvalue weighted by atomic mass is 32.2. The maximum absolute atomic E-state index is 13.2. The number of nitrogens with one attached hydrogen (secondary N) is 1. The molecule has 3 rings (SSSR count). The predicted molar refractivity (Wildman–Crippen MR) is 113 cm³/mol. The van der Waals surface area contributed by atoms with Gasteiger partial charge in [0.1, 0.15) is 5.82 Å². The van der Waals surface area contributed by atoms with Crippen LogP contribution in [0.3, 0.4) is 0 Å². The van der Waals surface area contributed by atoms with Gasteiger partial charge in [-0.05, 0) is 57.4 Å². The molecule has 1 fully saturated rings. The van der Waals surface area contributed by atoms with Crippen molar-refractivity contribution in [1.82, 2.24) is 19.4 Å². The Bertz CT molecular complexity index is 988. The molecule has 9 heteroatoms. The van der Waals surface area contributed by atoms with Crippen molar-refractivity contribution in [3.63, 3.8) is 0 Å². The second-order valence-electron chi connectivity index (χ2n) is 7.82. The smallest absolute Gasteiger partial charge is 0.224 e. The minimum atomic E-state index is -3.30. The first-order chi connectivity index (χ1) is 14.2. The minimum Gasteiger partial charge on any atom is -0.349 e. The molecule has 1 N–H and O–H groups in total. The largest absolute Gasteiger partial charge is 0.349 e. The molecule has 1 aliphatic heterocycles. The molecule has 1 aliphatic rings. The van der Waals surface area contributed by atoms with Gasteiger partial charge in [0.2, 0.25) is 15.9 Å². The van der Waals surface area contributed by atoms with Crippen LogP contribution < -0.4 is 5.32 Å². The third kappa shape index (κ3) is 4.89. The van der Waals surface area contributed by atoms with Crippen molar-refractivity contribution in [2.75, 3.05) is 18.8 Å². The number of rotatable bonds is 7. The molecule has 1 aromatic heterocycles. The molecule has 2 heterocycles. The minimum absolute atomic E-state index is 0.111. The van der Waals surface area contributed by atoms with E-state index in [-0.39, 0.29) is 36.0 Å². The topological polar surface area (TPSA) is 84.3 Å². The lowest BCUT2D eigenvalue weighted by Crippen LogP contribution is -2.46. The van der Waals surface area contributed by atoms with Crippen molar-refractivity contribution in [2.24, 2.45) is 5.92 Å². The van der Waals surface area contributed by atoms with E-state index in [0.717, 1.165) is 16.9 Å². The fourth-order valence-electron chi connectivity index (χ4n) is 3.90. The molecular formula is C21H29FN4O3S. The van der Waals surface area contributed by atoms with Gasteiger partial charge in [0, 0.05) is 24.3 Å². The maximum atomic E-state index is 13.2. The summed E-state index contributed by atoms with van der Waals surface area (Å²) < 4.78 is 41.1. The van der Waals surface area contributed by atoms with Crippen LogP contribution in [-0.4, -0.2) is 47.3 Å². The van der Waals surface area contributed by atoms with Crippen LogP contribution in [0.4, 0.5) is 4.39 Å². The second-order valence-corrected chi connectivity index (χ2v) is 9.91. The third-order valence-electron chi connectivity index (χ3n) is 5.55. The van der Waals surface area contributed by atoms with Crippen molar-refractivity contribution in [2.45, 2.75) is 46.1 Å². The van der Waals surface area contributed by atoms with E-state index in [0.29, 0.717) is 25.8 Å². The highest BCUT2D eigenvalue weighted by Gasteiger charge is 2.32. The van der Waals surface area contributed by atoms with E-state index in [1.54, 1.807) is 23.0 Å². The van der Waals surface area contributed by atoms with Gasteiger partial charge in [-0.15, -0.1) is 0 Å². The van der Waals surface area contributed by atoms with Crippen molar-refractivity contribution >= 4 is 15.9 Å². The Morgan fingerprint density at radius 3 is 2.70 bits per heavy atom. The molecule has 2 atom stereocenters. The van der Waals surface area contributed by atoms with Gasteiger partial charge in [-0.25, -0.2) is 21.8 Å². The summed E-state index contributed by atoms with van der Waals surface area (Å²) in [5.41, 5.74) is 2.45. The number of hydrogen-bond acceptors (Lipinski definition) is 4. The molecule has 0 spiro atoms. The molecule has 7 nitrogen and oxygen atoms in total. The number of sulfonamides is 1. The highest BCUT2D eigenvalue weighted by molar-refractivity contribution is 7.89. The summed E-state index contributed by atoms with van der Waals surface area (Å²) >= 11 is 0. The standard InChI is InChI=1S/C21H29FN4O3S/c1-4-12-30(28,29)25-11-5-6-17(14-25)21(27)24-15(2)20-13-23-26(16(20)3)19-9-7-18(22)8-10-19/h7-10,13,15,17H,4-6,11-12,14H2,1-3H3,(H,24,27). The van der Waals surface area contributed by atoms with Gasteiger partial charge in [0.15, 0.2) is 0 Å². The fraction of sp³-hybridized carbons (Fsp3) is 0.524. The van der Waals surface area contributed by atoms with Crippen LogP contribution in [0.25, 0.3) is 5.69 Å². The molecule has 164 valence electrons. The molecule has 0 bridgehead atoms. The van der Waals surface area contributed by atoms with E-state index < -0.39 is 10.0 Å². The number of piperidine rings is 1. The highest BCUT2D eigenvalue weighted by Crippen LogP contribution is 2.24. The molecule has 1 amide bonds. The normalized spacial score (nSPS) is 18.9. The number of hydrogen-bond donors (Lipinski definition) is 1.